The largest absolute Gasteiger partial charge is 0.370 e. The zero-order valence-corrected chi connectivity index (χ0v) is 20.0. The fourth-order valence-electron chi connectivity index (χ4n) is 3.52. The van der Waals surface area contributed by atoms with Gasteiger partial charge in [0.1, 0.15) is 6.10 Å². The number of carbonyl (C=O) groups excluding carboxylic acids is 1. The Morgan fingerprint density at radius 3 is 2.60 bits per heavy atom. The molecular formula is C23H31IN4O2. The summed E-state index contributed by atoms with van der Waals surface area (Å²) < 4.78 is 5.99. The average Bonchev–Trinajstić information content (AvgIpc) is 2.75. The molecule has 7 heteroatoms. The summed E-state index contributed by atoms with van der Waals surface area (Å²) in [6.07, 6.45) is 0.825. The predicted octanol–water partition coefficient (Wildman–Crippen LogP) is 2.92. The SMILES string of the molecule is CN=C(NCC(=O)NCCc1ccccc1)N1CCOC(c2ccccc2C)C1.I. The highest BCUT2D eigenvalue weighted by molar-refractivity contribution is 14.0. The Kier molecular flexibility index (Phi) is 10.1. The second-order valence-electron chi connectivity index (χ2n) is 7.15. The highest BCUT2D eigenvalue weighted by atomic mass is 127. The number of carbonyl (C=O) groups is 1. The van der Waals surface area contributed by atoms with Gasteiger partial charge in [0.25, 0.3) is 0 Å². The standard InChI is InChI=1S/C23H30N4O2.HI/c1-18-8-6-7-11-20(18)21-17-27(14-15-29-21)23(24-2)26-16-22(28)25-13-12-19-9-4-3-5-10-19;/h3-11,21H,12-17H2,1-2H3,(H,24,26)(H,25,28);1H. The van der Waals surface area contributed by atoms with Crippen molar-refractivity contribution >= 4 is 35.8 Å². The first-order chi connectivity index (χ1) is 14.2. The maximum atomic E-state index is 12.2. The van der Waals surface area contributed by atoms with Crippen LogP contribution in [-0.4, -0.2) is 56.6 Å². The Hall–Kier alpha value is -2.13. The molecule has 0 saturated carbocycles. The van der Waals surface area contributed by atoms with E-state index in [1.54, 1.807) is 7.05 Å². The van der Waals surface area contributed by atoms with Crippen LogP contribution in [0.2, 0.25) is 0 Å². The zero-order chi connectivity index (χ0) is 20.5. The van der Waals surface area contributed by atoms with Crippen molar-refractivity contribution in [1.82, 2.24) is 15.5 Å². The first-order valence-corrected chi connectivity index (χ1v) is 10.1. The molecule has 2 N–H and O–H groups in total. The molecule has 0 radical (unpaired) electrons. The van der Waals surface area contributed by atoms with Gasteiger partial charge in [0.05, 0.1) is 19.7 Å². The lowest BCUT2D eigenvalue weighted by atomic mass is 10.0. The lowest BCUT2D eigenvalue weighted by Gasteiger charge is -2.35. The van der Waals surface area contributed by atoms with Crippen LogP contribution in [0, 0.1) is 6.92 Å². The molecule has 6 nitrogen and oxygen atoms in total. The third kappa shape index (κ3) is 6.98. The second kappa shape index (κ2) is 12.5. The summed E-state index contributed by atoms with van der Waals surface area (Å²) in [4.78, 5) is 18.7. The minimum Gasteiger partial charge on any atom is -0.370 e. The molecule has 1 aliphatic rings. The Morgan fingerprint density at radius 2 is 1.87 bits per heavy atom. The van der Waals surface area contributed by atoms with Gasteiger partial charge in [0.15, 0.2) is 5.96 Å². The number of halogens is 1. The fourth-order valence-corrected chi connectivity index (χ4v) is 3.52. The van der Waals surface area contributed by atoms with Crippen molar-refractivity contribution in [2.45, 2.75) is 19.4 Å². The van der Waals surface area contributed by atoms with Crippen molar-refractivity contribution in [3.63, 3.8) is 0 Å². The molecule has 0 spiro atoms. The first-order valence-electron chi connectivity index (χ1n) is 10.1. The molecule has 1 atom stereocenters. The lowest BCUT2D eigenvalue weighted by Crippen LogP contribution is -2.50. The molecule has 3 rings (SSSR count). The Morgan fingerprint density at radius 1 is 1.13 bits per heavy atom. The number of benzene rings is 2. The number of rotatable bonds is 6. The molecule has 2 aromatic rings. The van der Waals surface area contributed by atoms with Gasteiger partial charge in [-0.05, 0) is 30.0 Å². The third-order valence-corrected chi connectivity index (χ3v) is 5.10. The zero-order valence-electron chi connectivity index (χ0n) is 17.6. The lowest BCUT2D eigenvalue weighted by molar-refractivity contribution is -0.120. The molecule has 1 unspecified atom stereocenters. The average molecular weight is 522 g/mol. The van der Waals surface area contributed by atoms with Crippen molar-refractivity contribution in [2.75, 3.05) is 39.8 Å². The number of ether oxygens (including phenoxy) is 1. The summed E-state index contributed by atoms with van der Waals surface area (Å²) in [6, 6.07) is 18.4. The van der Waals surface area contributed by atoms with Gasteiger partial charge in [-0.25, -0.2) is 0 Å². The highest BCUT2D eigenvalue weighted by Crippen LogP contribution is 2.24. The molecule has 0 aromatic heterocycles. The molecule has 1 heterocycles. The van der Waals surface area contributed by atoms with E-state index in [1.807, 2.05) is 30.3 Å². The second-order valence-corrected chi connectivity index (χ2v) is 7.15. The molecule has 162 valence electrons. The Balaban J connectivity index is 0.00000320. The first kappa shape index (κ1) is 24.1. The molecule has 30 heavy (non-hydrogen) atoms. The van der Waals surface area contributed by atoms with Gasteiger partial charge < -0.3 is 20.3 Å². The van der Waals surface area contributed by atoms with Crippen molar-refractivity contribution in [1.29, 1.82) is 0 Å². The minimum atomic E-state index is -0.0363. The number of hydrogen-bond donors (Lipinski definition) is 2. The van der Waals surface area contributed by atoms with E-state index in [9.17, 15) is 4.79 Å². The van der Waals surface area contributed by atoms with E-state index in [0.29, 0.717) is 19.7 Å². The van der Waals surface area contributed by atoms with Crippen molar-refractivity contribution < 1.29 is 9.53 Å². The predicted molar refractivity (Wildman–Crippen MR) is 131 cm³/mol. The van der Waals surface area contributed by atoms with Gasteiger partial charge in [-0.2, -0.15) is 0 Å². The Labute approximate surface area is 196 Å². The number of nitrogens with one attached hydrogen (secondary N) is 2. The topological polar surface area (TPSA) is 66.0 Å². The van der Waals surface area contributed by atoms with Gasteiger partial charge in [0.2, 0.25) is 5.91 Å². The number of amides is 1. The Bertz CT molecular complexity index is 829. The molecule has 1 amide bonds. The van der Waals surface area contributed by atoms with Gasteiger partial charge in [-0.3, -0.25) is 9.79 Å². The van der Waals surface area contributed by atoms with Crippen LogP contribution in [0.25, 0.3) is 0 Å². The van der Waals surface area contributed by atoms with E-state index in [0.717, 1.165) is 18.9 Å². The van der Waals surface area contributed by atoms with E-state index in [1.165, 1.54) is 16.7 Å². The summed E-state index contributed by atoms with van der Waals surface area (Å²) in [6.45, 7) is 5.01. The molecule has 0 bridgehead atoms. The van der Waals surface area contributed by atoms with Gasteiger partial charge in [-0.1, -0.05) is 54.6 Å². The molecule has 2 aromatic carbocycles. The van der Waals surface area contributed by atoms with Crippen molar-refractivity contribution in [3.8, 4) is 0 Å². The highest BCUT2D eigenvalue weighted by Gasteiger charge is 2.25. The number of guanidine groups is 1. The normalized spacial score (nSPS) is 16.5. The number of hydrogen-bond acceptors (Lipinski definition) is 3. The number of morpholine rings is 1. The van der Waals surface area contributed by atoms with Crippen LogP contribution in [0.5, 0.6) is 0 Å². The summed E-state index contributed by atoms with van der Waals surface area (Å²) in [5.41, 5.74) is 3.64. The minimum absolute atomic E-state index is 0. The summed E-state index contributed by atoms with van der Waals surface area (Å²) in [7, 11) is 1.74. The maximum Gasteiger partial charge on any atom is 0.239 e. The number of aryl methyl sites for hydroxylation is 1. The van der Waals surface area contributed by atoms with E-state index in [-0.39, 0.29) is 42.5 Å². The smallest absolute Gasteiger partial charge is 0.239 e. The number of nitrogens with zero attached hydrogens (tertiary/aromatic N) is 2. The van der Waals surface area contributed by atoms with Crippen LogP contribution >= 0.6 is 24.0 Å². The van der Waals surface area contributed by atoms with E-state index in [4.69, 9.17) is 4.74 Å². The fraction of sp³-hybridized carbons (Fsp3) is 0.391. The van der Waals surface area contributed by atoms with Crippen LogP contribution in [0.1, 0.15) is 22.8 Å². The van der Waals surface area contributed by atoms with E-state index >= 15 is 0 Å². The molecular weight excluding hydrogens is 491 g/mol. The van der Waals surface area contributed by atoms with Crippen LogP contribution in [-0.2, 0) is 16.0 Å². The van der Waals surface area contributed by atoms with Crippen LogP contribution in [0.4, 0.5) is 0 Å². The van der Waals surface area contributed by atoms with Crippen molar-refractivity contribution in [2.24, 2.45) is 4.99 Å². The van der Waals surface area contributed by atoms with Gasteiger partial charge in [0, 0.05) is 20.1 Å². The third-order valence-electron chi connectivity index (χ3n) is 5.10. The van der Waals surface area contributed by atoms with E-state index < -0.39 is 0 Å². The van der Waals surface area contributed by atoms with Crippen LogP contribution in [0.15, 0.2) is 59.6 Å². The number of aliphatic imine (C=N–C) groups is 1. The van der Waals surface area contributed by atoms with Gasteiger partial charge >= 0.3 is 0 Å². The summed E-state index contributed by atoms with van der Waals surface area (Å²) in [5, 5.41) is 6.14. The monoisotopic (exact) mass is 522 g/mol. The molecule has 1 fully saturated rings. The van der Waals surface area contributed by atoms with Crippen molar-refractivity contribution in [3.05, 3.63) is 71.3 Å². The van der Waals surface area contributed by atoms with E-state index in [2.05, 4.69) is 51.7 Å². The molecule has 1 saturated heterocycles. The van der Waals surface area contributed by atoms with Crippen LogP contribution < -0.4 is 10.6 Å². The van der Waals surface area contributed by atoms with Crippen LogP contribution in [0.3, 0.4) is 0 Å². The molecule has 0 aliphatic carbocycles. The maximum absolute atomic E-state index is 12.2. The quantitative estimate of drug-likeness (QED) is 0.348. The van der Waals surface area contributed by atoms with Gasteiger partial charge in [-0.15, -0.1) is 24.0 Å². The summed E-state index contributed by atoms with van der Waals surface area (Å²) >= 11 is 0. The molecule has 1 aliphatic heterocycles. The summed E-state index contributed by atoms with van der Waals surface area (Å²) in [5.74, 6) is 0.691.